The molecule has 0 unspecified atom stereocenters. The molecule has 0 atom stereocenters. The van der Waals surface area contributed by atoms with Crippen molar-refractivity contribution >= 4 is 27.4 Å². The summed E-state index contributed by atoms with van der Waals surface area (Å²) in [6.07, 6.45) is 2.08. The molecule has 5 rings (SSSR count). The summed E-state index contributed by atoms with van der Waals surface area (Å²) < 4.78 is 16.7. The van der Waals surface area contributed by atoms with E-state index in [1.807, 2.05) is 30.3 Å². The Morgan fingerprint density at radius 2 is 1.59 bits per heavy atom. The SMILES string of the molecule is COc1ccc2c(c1)c(=O)oc1cc(OCCCCN3CCN(c4ccccc4)CC3)ccc12. The first kappa shape index (κ1) is 22.3. The van der Waals surface area contributed by atoms with Crippen LogP contribution in [0.4, 0.5) is 5.69 Å². The number of ether oxygens (including phenoxy) is 2. The van der Waals surface area contributed by atoms with Crippen LogP contribution in [0, 0.1) is 0 Å². The Morgan fingerprint density at radius 1 is 0.824 bits per heavy atom. The van der Waals surface area contributed by atoms with Crippen LogP contribution in [0.25, 0.3) is 21.7 Å². The molecule has 176 valence electrons. The van der Waals surface area contributed by atoms with Crippen molar-refractivity contribution in [2.24, 2.45) is 0 Å². The molecule has 0 amide bonds. The van der Waals surface area contributed by atoms with Crippen molar-refractivity contribution in [2.45, 2.75) is 12.8 Å². The lowest BCUT2D eigenvalue weighted by Gasteiger charge is -2.36. The van der Waals surface area contributed by atoms with E-state index in [1.54, 1.807) is 13.2 Å². The predicted octanol–water partition coefficient (Wildman–Crippen LogP) is 4.94. The van der Waals surface area contributed by atoms with E-state index in [9.17, 15) is 4.79 Å². The van der Waals surface area contributed by atoms with Crippen LogP contribution in [0.3, 0.4) is 0 Å². The van der Waals surface area contributed by atoms with Gasteiger partial charge in [-0.2, -0.15) is 0 Å². The Hall–Kier alpha value is -3.51. The summed E-state index contributed by atoms with van der Waals surface area (Å²) in [5, 5.41) is 2.26. The fourth-order valence-electron chi connectivity index (χ4n) is 4.60. The smallest absolute Gasteiger partial charge is 0.344 e. The maximum Gasteiger partial charge on any atom is 0.344 e. The standard InChI is InChI=1S/C28H30N2O4/c1-32-22-9-11-24-25-12-10-23(20-27(25)34-28(31)26(24)19-22)33-18-6-5-13-29-14-16-30(17-15-29)21-7-3-2-4-8-21/h2-4,7-12,19-20H,5-6,13-18H2,1H3. The number of methoxy groups -OCH3 is 1. The summed E-state index contributed by atoms with van der Waals surface area (Å²) in [6.45, 7) is 6.08. The Labute approximate surface area is 199 Å². The van der Waals surface area contributed by atoms with Crippen molar-refractivity contribution in [3.63, 3.8) is 0 Å². The molecule has 0 N–H and O–H groups in total. The van der Waals surface area contributed by atoms with Crippen LogP contribution in [-0.2, 0) is 0 Å². The zero-order valence-electron chi connectivity index (χ0n) is 19.5. The van der Waals surface area contributed by atoms with Gasteiger partial charge in [0.15, 0.2) is 0 Å². The van der Waals surface area contributed by atoms with E-state index in [1.165, 1.54) is 5.69 Å². The molecule has 1 aromatic heterocycles. The highest BCUT2D eigenvalue weighted by Crippen LogP contribution is 2.28. The first-order valence-corrected chi connectivity index (χ1v) is 11.9. The second-order valence-electron chi connectivity index (χ2n) is 8.68. The van der Waals surface area contributed by atoms with E-state index in [-0.39, 0.29) is 5.63 Å². The topological polar surface area (TPSA) is 55.2 Å². The number of piperazine rings is 1. The van der Waals surface area contributed by atoms with Crippen LogP contribution in [0.2, 0.25) is 0 Å². The number of hydrogen-bond acceptors (Lipinski definition) is 6. The monoisotopic (exact) mass is 458 g/mol. The van der Waals surface area contributed by atoms with E-state index in [2.05, 4.69) is 40.1 Å². The van der Waals surface area contributed by atoms with Gasteiger partial charge in [-0.1, -0.05) is 18.2 Å². The van der Waals surface area contributed by atoms with Gasteiger partial charge in [-0.25, -0.2) is 4.79 Å². The fraction of sp³-hybridized carbons (Fsp3) is 0.321. The van der Waals surface area contributed by atoms with Gasteiger partial charge in [0.2, 0.25) is 0 Å². The summed E-state index contributed by atoms with van der Waals surface area (Å²) in [5.41, 5.74) is 1.48. The van der Waals surface area contributed by atoms with Gasteiger partial charge in [0.25, 0.3) is 0 Å². The molecule has 3 aromatic carbocycles. The molecule has 6 nitrogen and oxygen atoms in total. The van der Waals surface area contributed by atoms with Crippen molar-refractivity contribution < 1.29 is 13.9 Å². The zero-order valence-corrected chi connectivity index (χ0v) is 19.5. The third-order valence-corrected chi connectivity index (χ3v) is 6.52. The lowest BCUT2D eigenvalue weighted by atomic mass is 10.1. The van der Waals surface area contributed by atoms with Crippen molar-refractivity contribution in [2.75, 3.05) is 51.3 Å². The summed E-state index contributed by atoms with van der Waals surface area (Å²) in [5.74, 6) is 1.36. The number of nitrogens with zero attached hydrogens (tertiary/aromatic N) is 2. The summed E-state index contributed by atoms with van der Waals surface area (Å²) in [6, 6.07) is 21.8. The number of fused-ring (bicyclic) bond motifs is 3. The van der Waals surface area contributed by atoms with Crippen LogP contribution in [0.5, 0.6) is 11.5 Å². The maximum atomic E-state index is 12.5. The number of unbranched alkanes of at least 4 members (excludes halogenated alkanes) is 1. The molecule has 2 heterocycles. The molecular weight excluding hydrogens is 428 g/mol. The molecule has 1 aliphatic rings. The Kier molecular flexibility index (Phi) is 6.67. The van der Waals surface area contributed by atoms with E-state index >= 15 is 0 Å². The predicted molar refractivity (Wildman–Crippen MR) is 136 cm³/mol. The van der Waals surface area contributed by atoms with Crippen LogP contribution in [0.15, 0.2) is 75.9 Å². The number of para-hydroxylation sites is 1. The summed E-state index contributed by atoms with van der Waals surface area (Å²) in [7, 11) is 1.58. The highest BCUT2D eigenvalue weighted by atomic mass is 16.5. The first-order valence-electron chi connectivity index (χ1n) is 11.9. The van der Waals surface area contributed by atoms with E-state index in [0.29, 0.717) is 23.3 Å². The molecule has 4 aromatic rings. The minimum Gasteiger partial charge on any atom is -0.497 e. The van der Waals surface area contributed by atoms with Crippen molar-refractivity contribution in [3.8, 4) is 11.5 Å². The Bertz CT molecular complexity index is 1310. The van der Waals surface area contributed by atoms with E-state index in [4.69, 9.17) is 13.9 Å². The van der Waals surface area contributed by atoms with Crippen molar-refractivity contribution in [1.29, 1.82) is 0 Å². The third-order valence-electron chi connectivity index (χ3n) is 6.52. The summed E-state index contributed by atoms with van der Waals surface area (Å²) >= 11 is 0. The quantitative estimate of drug-likeness (QED) is 0.212. The molecule has 0 radical (unpaired) electrons. The van der Waals surface area contributed by atoms with Gasteiger partial charge in [0.1, 0.15) is 17.1 Å². The largest absolute Gasteiger partial charge is 0.497 e. The van der Waals surface area contributed by atoms with Gasteiger partial charge in [-0.15, -0.1) is 0 Å². The molecule has 0 aliphatic carbocycles. The second kappa shape index (κ2) is 10.2. The number of hydrogen-bond donors (Lipinski definition) is 0. The number of benzene rings is 3. The average Bonchev–Trinajstić information content (AvgIpc) is 2.89. The highest BCUT2D eigenvalue weighted by molar-refractivity contribution is 6.04. The molecule has 6 heteroatoms. The molecular formula is C28H30N2O4. The van der Waals surface area contributed by atoms with Crippen LogP contribution >= 0.6 is 0 Å². The molecule has 0 bridgehead atoms. The van der Waals surface area contributed by atoms with Crippen LogP contribution in [0.1, 0.15) is 12.8 Å². The first-order chi connectivity index (χ1) is 16.7. The summed E-state index contributed by atoms with van der Waals surface area (Å²) in [4.78, 5) is 17.4. The highest BCUT2D eigenvalue weighted by Gasteiger charge is 2.16. The van der Waals surface area contributed by atoms with Gasteiger partial charge in [0.05, 0.1) is 19.1 Å². The molecule has 1 aliphatic heterocycles. The Balaban J connectivity index is 1.11. The van der Waals surface area contributed by atoms with Gasteiger partial charge in [0, 0.05) is 48.7 Å². The Morgan fingerprint density at radius 3 is 2.38 bits per heavy atom. The van der Waals surface area contributed by atoms with Crippen LogP contribution in [-0.4, -0.2) is 51.3 Å². The van der Waals surface area contributed by atoms with Crippen molar-refractivity contribution in [1.82, 2.24) is 4.90 Å². The molecule has 0 spiro atoms. The third kappa shape index (κ3) is 4.87. The van der Waals surface area contributed by atoms with Crippen LogP contribution < -0.4 is 20.0 Å². The van der Waals surface area contributed by atoms with E-state index in [0.717, 1.165) is 62.1 Å². The molecule has 1 fully saturated rings. The van der Waals surface area contributed by atoms with Gasteiger partial charge < -0.3 is 18.8 Å². The molecule has 34 heavy (non-hydrogen) atoms. The molecule has 1 saturated heterocycles. The minimum atomic E-state index is -0.370. The van der Waals surface area contributed by atoms with Gasteiger partial charge in [-0.3, -0.25) is 4.90 Å². The lowest BCUT2D eigenvalue weighted by molar-refractivity contribution is 0.238. The van der Waals surface area contributed by atoms with Gasteiger partial charge >= 0.3 is 5.63 Å². The van der Waals surface area contributed by atoms with Crippen molar-refractivity contribution in [3.05, 3.63) is 77.2 Å². The minimum absolute atomic E-state index is 0.370. The molecule has 0 saturated carbocycles. The maximum absolute atomic E-state index is 12.5. The van der Waals surface area contributed by atoms with Gasteiger partial charge in [-0.05, 0) is 61.9 Å². The lowest BCUT2D eigenvalue weighted by Crippen LogP contribution is -2.46. The van der Waals surface area contributed by atoms with E-state index < -0.39 is 0 Å². The second-order valence-corrected chi connectivity index (χ2v) is 8.68. The number of rotatable bonds is 8. The number of anilines is 1. The zero-order chi connectivity index (χ0) is 23.3. The normalized spacial score (nSPS) is 14.6. The fourth-order valence-corrected chi connectivity index (χ4v) is 4.60. The average molecular weight is 459 g/mol.